The number of hydrogen-bond donors (Lipinski definition) is 1. The van der Waals surface area contributed by atoms with Crippen molar-refractivity contribution in [1.29, 1.82) is 0 Å². The van der Waals surface area contributed by atoms with Gasteiger partial charge in [0.05, 0.1) is 6.04 Å². The summed E-state index contributed by atoms with van der Waals surface area (Å²) in [6.07, 6.45) is 0. The third-order valence-corrected chi connectivity index (χ3v) is 4.35. The van der Waals surface area contributed by atoms with Crippen LogP contribution in [0.4, 0.5) is 10.1 Å². The molecule has 0 radical (unpaired) electrons. The largest absolute Gasteiger partial charge is 0.378 e. The minimum atomic E-state index is -0.334. The first-order valence-corrected chi connectivity index (χ1v) is 7.06. The summed E-state index contributed by atoms with van der Waals surface area (Å²) in [6, 6.07) is 6.60. The van der Waals surface area contributed by atoms with Crippen LogP contribution in [0.3, 0.4) is 0 Å². The molecule has 1 N–H and O–H groups in total. The molecule has 0 aliphatic rings. The van der Waals surface area contributed by atoms with E-state index in [0.717, 1.165) is 4.47 Å². The Bertz CT molecular complexity index is 509. The average Bonchev–Trinajstić information content (AvgIpc) is 2.63. The molecular formula is C12H10BrClFNS. The summed E-state index contributed by atoms with van der Waals surface area (Å²) in [5.41, 5.74) is 0.687. The highest BCUT2D eigenvalue weighted by atomic mass is 79.9. The van der Waals surface area contributed by atoms with E-state index in [1.54, 1.807) is 17.4 Å². The van der Waals surface area contributed by atoms with Gasteiger partial charge in [-0.15, -0.1) is 11.3 Å². The molecule has 1 heterocycles. The van der Waals surface area contributed by atoms with Crippen molar-refractivity contribution in [2.24, 2.45) is 0 Å². The molecule has 1 atom stereocenters. The summed E-state index contributed by atoms with van der Waals surface area (Å²) >= 11 is 10.9. The lowest BCUT2D eigenvalue weighted by Crippen LogP contribution is -2.04. The second-order valence-electron chi connectivity index (χ2n) is 3.69. The smallest absolute Gasteiger partial charge is 0.126 e. The molecule has 1 aromatic heterocycles. The fourth-order valence-electron chi connectivity index (χ4n) is 1.51. The Balaban J connectivity index is 2.15. The summed E-state index contributed by atoms with van der Waals surface area (Å²) in [6.45, 7) is 2.02. The Morgan fingerprint density at radius 3 is 2.71 bits per heavy atom. The van der Waals surface area contributed by atoms with Crippen molar-refractivity contribution in [1.82, 2.24) is 0 Å². The van der Waals surface area contributed by atoms with Gasteiger partial charge < -0.3 is 5.32 Å². The van der Waals surface area contributed by atoms with Gasteiger partial charge in [0.1, 0.15) is 5.82 Å². The van der Waals surface area contributed by atoms with E-state index < -0.39 is 0 Å². The van der Waals surface area contributed by atoms with Crippen molar-refractivity contribution in [3.05, 3.63) is 49.8 Å². The minimum Gasteiger partial charge on any atom is -0.378 e. The molecule has 17 heavy (non-hydrogen) atoms. The monoisotopic (exact) mass is 333 g/mol. The van der Waals surface area contributed by atoms with Crippen LogP contribution in [0, 0.1) is 5.82 Å². The second kappa shape index (κ2) is 5.38. The molecule has 0 bridgehead atoms. The van der Waals surface area contributed by atoms with Crippen molar-refractivity contribution in [2.45, 2.75) is 13.0 Å². The molecule has 0 aliphatic carbocycles. The molecule has 0 aliphatic heterocycles. The zero-order valence-corrected chi connectivity index (χ0v) is 12.2. The van der Waals surface area contributed by atoms with Gasteiger partial charge in [-0.05, 0) is 47.1 Å². The third-order valence-electron chi connectivity index (χ3n) is 2.26. The highest BCUT2D eigenvalue weighted by Crippen LogP contribution is 2.28. The molecule has 5 heteroatoms. The topological polar surface area (TPSA) is 12.0 Å². The Hall–Kier alpha value is -0.580. The van der Waals surface area contributed by atoms with Crippen LogP contribution in [0.5, 0.6) is 0 Å². The summed E-state index contributed by atoms with van der Waals surface area (Å²) in [5.74, 6) is -0.334. The van der Waals surface area contributed by atoms with Crippen molar-refractivity contribution in [3.63, 3.8) is 0 Å². The maximum Gasteiger partial charge on any atom is 0.126 e. The number of nitrogens with one attached hydrogen (secondary N) is 1. The molecule has 90 valence electrons. The van der Waals surface area contributed by atoms with Crippen LogP contribution >= 0.6 is 38.9 Å². The molecule has 0 amide bonds. The van der Waals surface area contributed by atoms with Gasteiger partial charge in [0, 0.05) is 25.4 Å². The third kappa shape index (κ3) is 3.44. The van der Waals surface area contributed by atoms with Crippen LogP contribution in [0.1, 0.15) is 17.8 Å². The summed E-state index contributed by atoms with van der Waals surface area (Å²) < 4.78 is 14.2. The number of hydrogen-bond acceptors (Lipinski definition) is 2. The predicted octanol–water partition coefficient (Wildman–Crippen LogP) is 5.48. The number of halogens is 3. The Morgan fingerprint density at radius 2 is 2.12 bits per heavy atom. The van der Waals surface area contributed by atoms with E-state index >= 15 is 0 Å². The number of anilines is 1. The standard InChI is InChI=1S/C12H10BrClFNS/c1-7(12-2-8(13)6-17-12)16-11-4-9(14)3-10(15)5-11/h2-7,16H,1H3. The molecule has 0 saturated heterocycles. The van der Waals surface area contributed by atoms with Crippen molar-refractivity contribution < 1.29 is 4.39 Å². The van der Waals surface area contributed by atoms with E-state index in [2.05, 4.69) is 21.2 Å². The van der Waals surface area contributed by atoms with Crippen LogP contribution in [-0.2, 0) is 0 Å². The van der Waals surface area contributed by atoms with E-state index in [4.69, 9.17) is 11.6 Å². The fraction of sp³-hybridized carbons (Fsp3) is 0.167. The Morgan fingerprint density at radius 1 is 1.35 bits per heavy atom. The molecule has 0 spiro atoms. The summed E-state index contributed by atoms with van der Waals surface area (Å²) in [5, 5.41) is 5.63. The quantitative estimate of drug-likeness (QED) is 0.784. The zero-order valence-electron chi connectivity index (χ0n) is 9.01. The number of thiophene rings is 1. The van der Waals surface area contributed by atoms with Gasteiger partial charge in [-0.2, -0.15) is 0 Å². The number of rotatable bonds is 3. The predicted molar refractivity (Wildman–Crippen MR) is 75.5 cm³/mol. The van der Waals surface area contributed by atoms with Crippen molar-refractivity contribution in [2.75, 3.05) is 5.32 Å². The normalized spacial score (nSPS) is 12.5. The van der Waals surface area contributed by atoms with Crippen LogP contribution in [0.25, 0.3) is 0 Å². The first kappa shape index (κ1) is 12.9. The molecule has 0 saturated carbocycles. The average molecular weight is 335 g/mol. The summed E-state index contributed by atoms with van der Waals surface area (Å²) in [4.78, 5) is 1.18. The molecule has 1 unspecified atom stereocenters. The Labute approximate surface area is 117 Å². The maximum absolute atomic E-state index is 13.2. The SMILES string of the molecule is CC(Nc1cc(F)cc(Cl)c1)c1cc(Br)cs1. The van der Waals surface area contributed by atoms with Crippen molar-refractivity contribution >= 4 is 44.6 Å². The van der Waals surface area contributed by atoms with Gasteiger partial charge in [0.15, 0.2) is 0 Å². The molecule has 0 fully saturated rings. The van der Waals surface area contributed by atoms with E-state index in [1.807, 2.05) is 18.4 Å². The van der Waals surface area contributed by atoms with E-state index in [9.17, 15) is 4.39 Å². The van der Waals surface area contributed by atoms with Crippen molar-refractivity contribution in [3.8, 4) is 0 Å². The van der Waals surface area contributed by atoms with E-state index in [-0.39, 0.29) is 11.9 Å². The van der Waals surface area contributed by atoms with Crippen LogP contribution in [0.15, 0.2) is 34.1 Å². The van der Waals surface area contributed by atoms with E-state index in [0.29, 0.717) is 10.7 Å². The lowest BCUT2D eigenvalue weighted by Gasteiger charge is -2.13. The Kier molecular flexibility index (Phi) is 4.07. The van der Waals surface area contributed by atoms with Gasteiger partial charge in [-0.25, -0.2) is 4.39 Å². The maximum atomic E-state index is 13.2. The minimum absolute atomic E-state index is 0.115. The van der Waals surface area contributed by atoms with Gasteiger partial charge in [-0.1, -0.05) is 11.6 Å². The molecule has 2 aromatic rings. The molecule has 1 nitrogen and oxygen atoms in total. The van der Waals surface area contributed by atoms with Crippen LogP contribution < -0.4 is 5.32 Å². The summed E-state index contributed by atoms with van der Waals surface area (Å²) in [7, 11) is 0. The van der Waals surface area contributed by atoms with Gasteiger partial charge >= 0.3 is 0 Å². The van der Waals surface area contributed by atoms with Gasteiger partial charge in [0.25, 0.3) is 0 Å². The lowest BCUT2D eigenvalue weighted by molar-refractivity contribution is 0.628. The van der Waals surface area contributed by atoms with E-state index in [1.165, 1.54) is 17.0 Å². The highest BCUT2D eigenvalue weighted by molar-refractivity contribution is 9.10. The molecular weight excluding hydrogens is 325 g/mol. The van der Waals surface area contributed by atoms with Gasteiger partial charge in [-0.3, -0.25) is 0 Å². The lowest BCUT2D eigenvalue weighted by atomic mass is 10.2. The van der Waals surface area contributed by atoms with Crippen LogP contribution in [0.2, 0.25) is 5.02 Å². The van der Waals surface area contributed by atoms with Gasteiger partial charge in [0.2, 0.25) is 0 Å². The first-order valence-electron chi connectivity index (χ1n) is 5.01. The molecule has 2 rings (SSSR count). The fourth-order valence-corrected chi connectivity index (χ4v) is 3.19. The highest BCUT2D eigenvalue weighted by Gasteiger charge is 2.09. The zero-order chi connectivity index (χ0) is 12.4. The first-order chi connectivity index (χ1) is 8.04. The number of benzene rings is 1. The second-order valence-corrected chi connectivity index (χ2v) is 5.99. The molecule has 1 aromatic carbocycles. The van der Waals surface area contributed by atoms with Crippen LogP contribution in [-0.4, -0.2) is 0 Å².